The first kappa shape index (κ1) is 13.0. The molecule has 2 heterocycles. The zero-order valence-corrected chi connectivity index (χ0v) is 12.5. The number of hydrogen-bond acceptors (Lipinski definition) is 2. The largest absolute Gasteiger partial charge is 0.384 e. The van der Waals surface area contributed by atoms with Gasteiger partial charge in [0.1, 0.15) is 11.6 Å². The van der Waals surface area contributed by atoms with E-state index in [0.29, 0.717) is 12.0 Å². The summed E-state index contributed by atoms with van der Waals surface area (Å²) in [4.78, 5) is 4.95. The molecule has 0 spiro atoms. The fourth-order valence-corrected chi connectivity index (χ4v) is 4.21. The van der Waals surface area contributed by atoms with Gasteiger partial charge in [-0.1, -0.05) is 26.7 Å². The van der Waals surface area contributed by atoms with Gasteiger partial charge < -0.3 is 10.3 Å². The normalized spacial score (nSPS) is 35.1. The van der Waals surface area contributed by atoms with Crippen molar-refractivity contribution >= 4 is 5.82 Å². The summed E-state index contributed by atoms with van der Waals surface area (Å²) >= 11 is 0. The first-order valence-corrected chi connectivity index (χ1v) is 7.92. The SMILES string of the molecule is CC1CCCC(c2nc3n(c2N)C(C)CC(C)C3)C1. The van der Waals surface area contributed by atoms with Crippen LogP contribution < -0.4 is 5.73 Å². The molecule has 2 N–H and O–H groups in total. The smallest absolute Gasteiger partial charge is 0.127 e. The van der Waals surface area contributed by atoms with Crippen molar-refractivity contribution in [1.82, 2.24) is 9.55 Å². The Morgan fingerprint density at radius 2 is 1.89 bits per heavy atom. The van der Waals surface area contributed by atoms with E-state index in [0.717, 1.165) is 24.1 Å². The number of nitrogens with two attached hydrogens (primary N) is 1. The highest BCUT2D eigenvalue weighted by molar-refractivity contribution is 5.42. The Morgan fingerprint density at radius 3 is 2.63 bits per heavy atom. The molecular weight excluding hydrogens is 234 g/mol. The molecule has 1 saturated carbocycles. The van der Waals surface area contributed by atoms with E-state index in [9.17, 15) is 0 Å². The van der Waals surface area contributed by atoms with Crippen molar-refractivity contribution in [2.24, 2.45) is 11.8 Å². The van der Waals surface area contributed by atoms with E-state index in [-0.39, 0.29) is 0 Å². The van der Waals surface area contributed by atoms with Crippen LogP contribution >= 0.6 is 0 Å². The summed E-state index contributed by atoms with van der Waals surface area (Å²) in [5, 5.41) is 0. The molecule has 19 heavy (non-hydrogen) atoms. The molecule has 2 aliphatic rings. The van der Waals surface area contributed by atoms with Crippen molar-refractivity contribution < 1.29 is 0 Å². The van der Waals surface area contributed by atoms with Crippen molar-refractivity contribution in [2.75, 3.05) is 5.73 Å². The van der Waals surface area contributed by atoms with E-state index < -0.39 is 0 Å². The van der Waals surface area contributed by atoms with Crippen LogP contribution in [0.2, 0.25) is 0 Å². The number of aromatic nitrogens is 2. The van der Waals surface area contributed by atoms with Gasteiger partial charge in [-0.2, -0.15) is 0 Å². The van der Waals surface area contributed by atoms with Crippen LogP contribution in [0.3, 0.4) is 0 Å². The van der Waals surface area contributed by atoms with Crippen molar-refractivity contribution in [3.05, 3.63) is 11.5 Å². The lowest BCUT2D eigenvalue weighted by molar-refractivity contribution is 0.341. The number of nitrogens with zero attached hydrogens (tertiary/aromatic N) is 2. The number of rotatable bonds is 1. The average Bonchev–Trinajstić information content (AvgIpc) is 2.66. The minimum Gasteiger partial charge on any atom is -0.384 e. The van der Waals surface area contributed by atoms with Crippen LogP contribution in [0.1, 0.15) is 76.4 Å². The molecule has 0 saturated heterocycles. The second-order valence-corrected chi connectivity index (χ2v) is 7.03. The topological polar surface area (TPSA) is 43.8 Å². The maximum absolute atomic E-state index is 6.44. The summed E-state index contributed by atoms with van der Waals surface area (Å²) in [5.41, 5.74) is 7.65. The molecule has 3 rings (SSSR count). The minimum atomic E-state index is 0.515. The summed E-state index contributed by atoms with van der Waals surface area (Å²) in [6, 6.07) is 0.515. The van der Waals surface area contributed by atoms with E-state index >= 15 is 0 Å². The van der Waals surface area contributed by atoms with Gasteiger partial charge in [-0.15, -0.1) is 0 Å². The fraction of sp³-hybridized carbons (Fsp3) is 0.812. The molecule has 1 aromatic heterocycles. The monoisotopic (exact) mass is 261 g/mol. The van der Waals surface area contributed by atoms with Gasteiger partial charge in [0.2, 0.25) is 0 Å². The molecule has 1 aliphatic heterocycles. The van der Waals surface area contributed by atoms with Crippen molar-refractivity contribution in [3.63, 3.8) is 0 Å². The summed E-state index contributed by atoms with van der Waals surface area (Å²) in [6.07, 6.45) is 7.57. The third-order valence-corrected chi connectivity index (χ3v) is 5.09. The second-order valence-electron chi connectivity index (χ2n) is 7.03. The van der Waals surface area contributed by atoms with Gasteiger partial charge in [0.05, 0.1) is 5.69 Å². The van der Waals surface area contributed by atoms with Crippen molar-refractivity contribution in [2.45, 2.75) is 71.3 Å². The molecule has 0 radical (unpaired) electrons. The van der Waals surface area contributed by atoms with Crippen LogP contribution in [0.5, 0.6) is 0 Å². The van der Waals surface area contributed by atoms with Crippen LogP contribution in [-0.4, -0.2) is 9.55 Å². The summed E-state index contributed by atoms with van der Waals surface area (Å²) in [6.45, 7) is 6.97. The van der Waals surface area contributed by atoms with Gasteiger partial charge in [0, 0.05) is 18.4 Å². The number of fused-ring (bicyclic) bond motifs is 1. The van der Waals surface area contributed by atoms with E-state index in [1.54, 1.807) is 0 Å². The van der Waals surface area contributed by atoms with Crippen LogP contribution in [0.15, 0.2) is 0 Å². The van der Waals surface area contributed by atoms with Crippen molar-refractivity contribution in [3.8, 4) is 0 Å². The van der Waals surface area contributed by atoms with Gasteiger partial charge >= 0.3 is 0 Å². The standard InChI is InChI=1S/C16H27N3/c1-10-5-4-6-13(8-10)15-16(17)19-12(3)7-11(2)9-14(19)18-15/h10-13H,4-9,17H2,1-3H3. The summed E-state index contributed by atoms with van der Waals surface area (Å²) < 4.78 is 2.31. The lowest BCUT2D eigenvalue weighted by Gasteiger charge is -2.28. The summed E-state index contributed by atoms with van der Waals surface area (Å²) in [7, 11) is 0. The predicted molar refractivity (Wildman–Crippen MR) is 79.2 cm³/mol. The Labute approximate surface area is 116 Å². The van der Waals surface area contributed by atoms with E-state index in [1.165, 1.54) is 43.6 Å². The zero-order valence-electron chi connectivity index (χ0n) is 12.5. The molecule has 3 heteroatoms. The van der Waals surface area contributed by atoms with Gasteiger partial charge in [0.25, 0.3) is 0 Å². The van der Waals surface area contributed by atoms with E-state index in [1.807, 2.05) is 0 Å². The molecule has 106 valence electrons. The van der Waals surface area contributed by atoms with Crippen LogP contribution in [0.25, 0.3) is 0 Å². The molecule has 1 aliphatic carbocycles. The Kier molecular flexibility index (Phi) is 3.32. The molecule has 1 fully saturated rings. The van der Waals surface area contributed by atoms with E-state index in [4.69, 9.17) is 10.7 Å². The second kappa shape index (κ2) is 4.84. The highest BCUT2D eigenvalue weighted by atomic mass is 15.2. The molecular formula is C16H27N3. The highest BCUT2D eigenvalue weighted by Crippen LogP contribution is 2.40. The number of imidazole rings is 1. The van der Waals surface area contributed by atoms with E-state index in [2.05, 4.69) is 25.3 Å². The molecule has 0 amide bonds. The molecule has 3 nitrogen and oxygen atoms in total. The third kappa shape index (κ3) is 2.28. The van der Waals surface area contributed by atoms with Gasteiger partial charge in [-0.05, 0) is 38.0 Å². The van der Waals surface area contributed by atoms with Crippen LogP contribution in [0, 0.1) is 11.8 Å². The molecule has 4 unspecified atom stereocenters. The Bertz CT molecular complexity index is 463. The molecule has 0 bridgehead atoms. The van der Waals surface area contributed by atoms with Crippen LogP contribution in [0.4, 0.5) is 5.82 Å². The molecule has 0 aromatic carbocycles. The highest BCUT2D eigenvalue weighted by Gasteiger charge is 2.30. The fourth-order valence-electron chi connectivity index (χ4n) is 4.21. The Hall–Kier alpha value is -0.990. The number of nitrogen functional groups attached to an aromatic ring is 1. The minimum absolute atomic E-state index is 0.515. The number of hydrogen-bond donors (Lipinski definition) is 1. The third-order valence-electron chi connectivity index (χ3n) is 5.09. The maximum atomic E-state index is 6.44. The summed E-state index contributed by atoms with van der Waals surface area (Å²) in [5.74, 6) is 4.37. The maximum Gasteiger partial charge on any atom is 0.127 e. The first-order chi connectivity index (χ1) is 9.06. The van der Waals surface area contributed by atoms with Gasteiger partial charge in [-0.3, -0.25) is 0 Å². The quantitative estimate of drug-likeness (QED) is 0.833. The average molecular weight is 261 g/mol. The molecule has 4 atom stereocenters. The zero-order chi connectivity index (χ0) is 13.6. The number of anilines is 1. The van der Waals surface area contributed by atoms with Crippen LogP contribution in [-0.2, 0) is 6.42 Å². The van der Waals surface area contributed by atoms with Gasteiger partial charge in [0.15, 0.2) is 0 Å². The predicted octanol–water partition coefficient (Wildman–Crippen LogP) is 3.90. The van der Waals surface area contributed by atoms with Gasteiger partial charge in [-0.25, -0.2) is 4.98 Å². The Morgan fingerprint density at radius 1 is 1.11 bits per heavy atom. The lowest BCUT2D eigenvalue weighted by atomic mass is 9.81. The Balaban J connectivity index is 1.93. The molecule has 1 aromatic rings. The lowest BCUT2D eigenvalue weighted by Crippen LogP contribution is -2.22. The first-order valence-electron chi connectivity index (χ1n) is 7.92. The van der Waals surface area contributed by atoms with Crippen molar-refractivity contribution in [1.29, 1.82) is 0 Å².